The molecule has 5 heterocycles. The minimum absolute atomic E-state index is 0.126. The molecule has 2 aliphatic rings. The van der Waals surface area contributed by atoms with E-state index in [-0.39, 0.29) is 12.5 Å². The molecule has 1 fully saturated rings. The number of anilines is 2. The Balaban J connectivity index is 1.26. The summed E-state index contributed by atoms with van der Waals surface area (Å²) < 4.78 is 14.2. The molecular formula is C28H26FN7O2S. The Bertz CT molecular complexity index is 1500. The molecule has 6 rings (SSSR count). The molecule has 0 saturated carbocycles. The highest BCUT2D eigenvalue weighted by Gasteiger charge is 2.39. The van der Waals surface area contributed by atoms with Crippen LogP contribution in [0.15, 0.2) is 66.4 Å². The van der Waals surface area contributed by atoms with Crippen molar-refractivity contribution in [3.05, 3.63) is 89.1 Å². The van der Waals surface area contributed by atoms with Crippen molar-refractivity contribution in [2.45, 2.75) is 12.6 Å². The molecule has 9 nitrogen and oxygen atoms in total. The Hall–Kier alpha value is -4.22. The van der Waals surface area contributed by atoms with Crippen molar-refractivity contribution in [1.82, 2.24) is 24.8 Å². The van der Waals surface area contributed by atoms with Crippen molar-refractivity contribution in [3.63, 3.8) is 0 Å². The quantitative estimate of drug-likeness (QED) is 0.395. The average molecular weight is 544 g/mol. The summed E-state index contributed by atoms with van der Waals surface area (Å²) in [6.45, 7) is 3.97. The number of hydrogen-bond acceptors (Lipinski definition) is 8. The van der Waals surface area contributed by atoms with Gasteiger partial charge < -0.3 is 14.7 Å². The maximum Gasteiger partial charge on any atom is 0.257 e. The zero-order chi connectivity index (χ0) is 26.9. The first kappa shape index (κ1) is 25.1. The maximum absolute atomic E-state index is 14.2. The van der Waals surface area contributed by atoms with E-state index in [2.05, 4.69) is 37.1 Å². The number of fused-ring (bicyclic) bond motifs is 1. The van der Waals surface area contributed by atoms with Gasteiger partial charge in [-0.3, -0.25) is 19.9 Å². The van der Waals surface area contributed by atoms with E-state index in [0.717, 1.165) is 43.1 Å². The molecule has 0 spiro atoms. The fourth-order valence-electron chi connectivity index (χ4n) is 4.95. The number of hydrogen-bond donors (Lipinski definition) is 1. The van der Waals surface area contributed by atoms with Gasteiger partial charge in [0.2, 0.25) is 0 Å². The average Bonchev–Trinajstić information content (AvgIpc) is 3.57. The molecule has 1 N–H and O–H groups in total. The number of likely N-dealkylation sites (N-methyl/N-ethyl adjacent to an activating group) is 1. The number of carbonyl (C=O) groups excluding carboxylic acids is 2. The molecule has 198 valence electrons. The van der Waals surface area contributed by atoms with Crippen LogP contribution < -0.4 is 10.2 Å². The molecule has 0 radical (unpaired) electrons. The number of nitrogens with one attached hydrogen (secondary N) is 1. The smallest absolute Gasteiger partial charge is 0.257 e. The van der Waals surface area contributed by atoms with Gasteiger partial charge in [-0.25, -0.2) is 14.4 Å². The Morgan fingerprint density at radius 2 is 1.85 bits per heavy atom. The van der Waals surface area contributed by atoms with Crippen LogP contribution in [0.2, 0.25) is 0 Å². The lowest BCUT2D eigenvalue weighted by Crippen LogP contribution is -2.44. The summed E-state index contributed by atoms with van der Waals surface area (Å²) in [7, 11) is 2.12. The minimum atomic E-state index is -1.06. The van der Waals surface area contributed by atoms with E-state index in [1.54, 1.807) is 36.1 Å². The van der Waals surface area contributed by atoms with Gasteiger partial charge in [-0.15, -0.1) is 11.3 Å². The predicted octanol–water partition coefficient (Wildman–Crippen LogP) is 3.83. The lowest BCUT2D eigenvalue weighted by Gasteiger charge is -2.33. The van der Waals surface area contributed by atoms with Crippen LogP contribution in [0.5, 0.6) is 0 Å². The van der Waals surface area contributed by atoms with Gasteiger partial charge in [-0.1, -0.05) is 12.1 Å². The van der Waals surface area contributed by atoms with Gasteiger partial charge >= 0.3 is 0 Å². The highest BCUT2D eigenvalue weighted by molar-refractivity contribution is 7.13. The first-order valence-corrected chi connectivity index (χ1v) is 13.5. The van der Waals surface area contributed by atoms with Crippen LogP contribution in [0.3, 0.4) is 0 Å². The van der Waals surface area contributed by atoms with Crippen molar-refractivity contribution < 1.29 is 14.0 Å². The fraction of sp³-hybridized carbons (Fsp3) is 0.250. The maximum atomic E-state index is 14.2. The molecule has 0 aliphatic carbocycles. The summed E-state index contributed by atoms with van der Waals surface area (Å²) in [4.78, 5) is 46.3. The van der Waals surface area contributed by atoms with E-state index in [4.69, 9.17) is 0 Å². The van der Waals surface area contributed by atoms with E-state index in [1.807, 2.05) is 12.1 Å². The lowest BCUT2D eigenvalue weighted by molar-refractivity contribution is -0.120. The number of amides is 2. The van der Waals surface area contributed by atoms with Crippen molar-refractivity contribution >= 4 is 34.1 Å². The van der Waals surface area contributed by atoms with Crippen molar-refractivity contribution in [1.29, 1.82) is 0 Å². The lowest BCUT2D eigenvalue weighted by atomic mass is 10.0. The number of pyridine rings is 2. The van der Waals surface area contributed by atoms with E-state index >= 15 is 0 Å². The van der Waals surface area contributed by atoms with E-state index in [0.29, 0.717) is 22.0 Å². The van der Waals surface area contributed by atoms with Crippen LogP contribution in [0.4, 0.5) is 15.3 Å². The molecule has 1 unspecified atom stereocenters. The molecule has 3 aromatic heterocycles. The molecular weight excluding hydrogens is 517 g/mol. The molecule has 0 bridgehead atoms. The molecule has 2 aliphatic heterocycles. The zero-order valence-corrected chi connectivity index (χ0v) is 22.1. The third kappa shape index (κ3) is 5.10. The second kappa shape index (κ2) is 10.5. The molecule has 2 amide bonds. The molecule has 4 aromatic rings. The topological polar surface area (TPSA) is 94.6 Å². The Labute approximate surface area is 228 Å². The second-order valence-corrected chi connectivity index (χ2v) is 10.5. The number of halogens is 1. The van der Waals surface area contributed by atoms with Crippen LogP contribution >= 0.6 is 11.3 Å². The summed E-state index contributed by atoms with van der Waals surface area (Å²) in [6.07, 6.45) is 5.09. The van der Waals surface area contributed by atoms with Crippen LogP contribution in [-0.2, 0) is 11.3 Å². The van der Waals surface area contributed by atoms with Gasteiger partial charge in [-0.2, -0.15) is 0 Å². The van der Waals surface area contributed by atoms with Gasteiger partial charge in [0.25, 0.3) is 11.8 Å². The van der Waals surface area contributed by atoms with Crippen LogP contribution in [0.25, 0.3) is 11.1 Å². The highest BCUT2D eigenvalue weighted by atomic mass is 32.1. The van der Waals surface area contributed by atoms with Gasteiger partial charge in [0.05, 0.1) is 17.8 Å². The van der Waals surface area contributed by atoms with Gasteiger partial charge in [0.15, 0.2) is 5.13 Å². The predicted molar refractivity (Wildman–Crippen MR) is 147 cm³/mol. The standard InChI is InChI=1S/C28H26FN7O2S/c1-34-8-10-35(11-9-34)24-6-5-19(15-32-24)20-14-22-23(31-16-20)17-36(27(22)38)25(18-3-2-4-21(29)13-18)26(37)33-28-30-7-12-39-28/h2-7,12-16,25H,8-11,17H2,1H3,(H,30,33,37). The number of piperazine rings is 1. The minimum Gasteiger partial charge on any atom is -0.354 e. The van der Waals surface area contributed by atoms with Gasteiger partial charge in [0.1, 0.15) is 17.7 Å². The molecule has 1 saturated heterocycles. The number of rotatable bonds is 6. The zero-order valence-electron chi connectivity index (χ0n) is 21.2. The monoisotopic (exact) mass is 543 g/mol. The molecule has 39 heavy (non-hydrogen) atoms. The third-order valence-corrected chi connectivity index (χ3v) is 7.77. The summed E-state index contributed by atoms with van der Waals surface area (Å²) >= 11 is 1.26. The molecule has 1 aromatic carbocycles. The second-order valence-electron chi connectivity index (χ2n) is 9.63. The highest BCUT2D eigenvalue weighted by Crippen LogP contribution is 2.34. The van der Waals surface area contributed by atoms with Crippen molar-refractivity contribution in [2.24, 2.45) is 0 Å². The van der Waals surface area contributed by atoms with Crippen molar-refractivity contribution in [2.75, 3.05) is 43.4 Å². The largest absolute Gasteiger partial charge is 0.354 e. The summed E-state index contributed by atoms with van der Waals surface area (Å²) in [5, 5.41) is 4.89. The van der Waals surface area contributed by atoms with Crippen LogP contribution in [0, 0.1) is 5.82 Å². The van der Waals surface area contributed by atoms with E-state index in [9.17, 15) is 14.0 Å². The summed E-state index contributed by atoms with van der Waals surface area (Å²) in [5.74, 6) is -0.380. The SMILES string of the molecule is CN1CCN(c2ccc(-c3cnc4c(c3)C(=O)N(C(C(=O)Nc3nccs3)c3cccc(F)c3)C4)cn2)CC1. The third-order valence-electron chi connectivity index (χ3n) is 7.08. The number of nitrogens with zero attached hydrogens (tertiary/aromatic N) is 6. The Kier molecular flexibility index (Phi) is 6.76. The van der Waals surface area contributed by atoms with Crippen LogP contribution in [-0.4, -0.2) is 69.8 Å². The van der Waals surface area contributed by atoms with Gasteiger partial charge in [-0.05, 0) is 42.9 Å². The number of thiazole rings is 1. The number of benzene rings is 1. The Morgan fingerprint density at radius 3 is 2.56 bits per heavy atom. The van der Waals surface area contributed by atoms with E-state index in [1.165, 1.54) is 34.4 Å². The normalized spacial score (nSPS) is 16.3. The number of carbonyl (C=O) groups is 2. The summed E-state index contributed by atoms with van der Waals surface area (Å²) in [5.41, 5.74) is 2.95. The number of aromatic nitrogens is 3. The van der Waals surface area contributed by atoms with Crippen molar-refractivity contribution in [3.8, 4) is 11.1 Å². The van der Waals surface area contributed by atoms with Crippen LogP contribution in [0.1, 0.15) is 27.7 Å². The van der Waals surface area contributed by atoms with Gasteiger partial charge in [0, 0.05) is 61.3 Å². The fourth-order valence-corrected chi connectivity index (χ4v) is 5.48. The molecule has 1 atom stereocenters. The first-order chi connectivity index (χ1) is 19.0. The first-order valence-electron chi connectivity index (χ1n) is 12.6. The van der Waals surface area contributed by atoms with E-state index < -0.39 is 17.8 Å². The molecule has 11 heteroatoms. The summed E-state index contributed by atoms with van der Waals surface area (Å²) in [6, 6.07) is 10.4. The Morgan fingerprint density at radius 1 is 1.03 bits per heavy atom.